The van der Waals surface area contributed by atoms with Crippen LogP contribution in [0, 0.1) is 0 Å². The monoisotopic (exact) mass is 499 g/mol. The van der Waals surface area contributed by atoms with Crippen molar-refractivity contribution in [2.24, 2.45) is 10.7 Å². The summed E-state index contributed by atoms with van der Waals surface area (Å²) in [6, 6.07) is 10.3. The molecule has 144 valence electrons. The van der Waals surface area contributed by atoms with Gasteiger partial charge in [0.25, 0.3) is 0 Å². The third kappa shape index (κ3) is 4.79. The highest BCUT2D eigenvalue weighted by Gasteiger charge is 2.16. The lowest BCUT2D eigenvalue weighted by Gasteiger charge is -2.20. The summed E-state index contributed by atoms with van der Waals surface area (Å²) in [5, 5.41) is 3.75. The number of fused-ring (bicyclic) bond motifs is 2. The van der Waals surface area contributed by atoms with E-state index >= 15 is 0 Å². The maximum absolute atomic E-state index is 6.26. The first kappa shape index (κ1) is 20.1. The molecule has 3 N–H and O–H groups in total. The average Bonchev–Trinajstić information content (AvgIpc) is 3.09. The van der Waals surface area contributed by atoms with Crippen LogP contribution in [-0.2, 0) is 19.3 Å². The third-order valence-corrected chi connectivity index (χ3v) is 4.99. The Hall–Kier alpha value is -1.67. The molecule has 0 aromatic heterocycles. The first-order chi connectivity index (χ1) is 12.7. The molecule has 0 amide bonds. The smallest absolute Gasteiger partial charge is 0.193 e. The van der Waals surface area contributed by atoms with E-state index in [0.717, 1.165) is 24.1 Å². The van der Waals surface area contributed by atoms with E-state index in [1.165, 1.54) is 24.0 Å². The van der Waals surface area contributed by atoms with Crippen LogP contribution in [0.4, 0.5) is 5.69 Å². The second-order valence-corrected chi connectivity index (χ2v) is 6.99. The number of rotatable bonds is 4. The molecular formula is C20H23ClIN3O2. The maximum Gasteiger partial charge on any atom is 0.193 e. The number of hydrogen-bond donors (Lipinski definition) is 2. The molecule has 0 unspecified atom stereocenters. The van der Waals surface area contributed by atoms with E-state index in [9.17, 15) is 0 Å². The topological polar surface area (TPSA) is 68.9 Å². The minimum absolute atomic E-state index is 0. The Morgan fingerprint density at radius 3 is 2.81 bits per heavy atom. The molecule has 7 heteroatoms. The summed E-state index contributed by atoms with van der Waals surface area (Å²) in [6.07, 6.45) is 4.29. The Labute approximate surface area is 181 Å². The van der Waals surface area contributed by atoms with Gasteiger partial charge in [-0.15, -0.1) is 24.0 Å². The second kappa shape index (κ2) is 9.01. The number of hydrogen-bond acceptors (Lipinski definition) is 3. The number of anilines is 1. The van der Waals surface area contributed by atoms with Crippen molar-refractivity contribution in [2.45, 2.75) is 25.7 Å². The number of nitrogens with one attached hydrogen (secondary N) is 1. The van der Waals surface area contributed by atoms with Crippen LogP contribution in [0.2, 0.25) is 5.02 Å². The number of aryl methyl sites for hydroxylation is 2. The van der Waals surface area contributed by atoms with Crippen LogP contribution in [-0.4, -0.2) is 25.7 Å². The molecule has 5 nitrogen and oxygen atoms in total. The largest absolute Gasteiger partial charge is 0.486 e. The highest BCUT2D eigenvalue weighted by Crippen LogP contribution is 2.38. The zero-order valence-corrected chi connectivity index (χ0v) is 18.1. The van der Waals surface area contributed by atoms with Crippen LogP contribution in [0.3, 0.4) is 0 Å². The molecule has 1 aliphatic heterocycles. The van der Waals surface area contributed by atoms with Gasteiger partial charge in [0, 0.05) is 12.2 Å². The van der Waals surface area contributed by atoms with Crippen LogP contribution in [0.15, 0.2) is 35.3 Å². The van der Waals surface area contributed by atoms with Crippen LogP contribution in [0.25, 0.3) is 0 Å². The van der Waals surface area contributed by atoms with Crippen molar-refractivity contribution >= 4 is 47.2 Å². The minimum atomic E-state index is 0. The molecule has 0 saturated carbocycles. The second-order valence-electron chi connectivity index (χ2n) is 6.58. The van der Waals surface area contributed by atoms with Crippen molar-refractivity contribution in [3.63, 3.8) is 0 Å². The highest BCUT2D eigenvalue weighted by molar-refractivity contribution is 14.0. The summed E-state index contributed by atoms with van der Waals surface area (Å²) in [6.45, 7) is 1.64. The Balaban J connectivity index is 0.00000210. The predicted octanol–water partition coefficient (Wildman–Crippen LogP) is 4.19. The summed E-state index contributed by atoms with van der Waals surface area (Å²) in [5.74, 6) is 1.75. The molecular weight excluding hydrogens is 477 g/mol. The van der Waals surface area contributed by atoms with Crippen molar-refractivity contribution in [1.82, 2.24) is 0 Å². The third-order valence-electron chi connectivity index (χ3n) is 4.71. The van der Waals surface area contributed by atoms with E-state index in [-0.39, 0.29) is 24.0 Å². The van der Waals surface area contributed by atoms with Gasteiger partial charge in [0.05, 0.1) is 5.02 Å². The van der Waals surface area contributed by atoms with Gasteiger partial charge in [-0.25, -0.2) is 0 Å². The van der Waals surface area contributed by atoms with Crippen LogP contribution >= 0.6 is 35.6 Å². The molecule has 1 aliphatic carbocycles. The van der Waals surface area contributed by atoms with Gasteiger partial charge in [-0.1, -0.05) is 17.7 Å². The minimum Gasteiger partial charge on any atom is -0.486 e. The number of benzene rings is 2. The Bertz CT molecular complexity index is 857. The SMILES string of the molecule is I.NC(=NCCc1cc(Cl)c2c(c1)OCCO2)Nc1ccc2c(c1)CCC2. The fraction of sp³-hybridized carbons (Fsp3) is 0.350. The molecule has 27 heavy (non-hydrogen) atoms. The van der Waals surface area contributed by atoms with Crippen molar-refractivity contribution in [2.75, 3.05) is 25.1 Å². The standard InChI is InChI=1S/C20H22ClN3O2.HI/c21-17-10-13(11-18-19(17)26-9-8-25-18)6-7-23-20(22)24-16-5-4-14-2-1-3-15(14)12-16;/h4-5,10-12H,1-3,6-9H2,(H3,22,23,24);1H. The first-order valence-corrected chi connectivity index (χ1v) is 9.33. The maximum atomic E-state index is 6.26. The zero-order chi connectivity index (χ0) is 17.9. The predicted molar refractivity (Wildman–Crippen MR) is 120 cm³/mol. The lowest BCUT2D eigenvalue weighted by molar-refractivity contribution is 0.171. The lowest BCUT2D eigenvalue weighted by atomic mass is 10.1. The van der Waals surface area contributed by atoms with E-state index in [4.69, 9.17) is 26.8 Å². The number of halogens is 2. The van der Waals surface area contributed by atoms with Gasteiger partial charge in [-0.3, -0.25) is 4.99 Å². The fourth-order valence-corrected chi connectivity index (χ4v) is 3.74. The summed E-state index contributed by atoms with van der Waals surface area (Å²) in [7, 11) is 0. The number of aliphatic imine (C=N–C) groups is 1. The van der Waals surface area contributed by atoms with Gasteiger partial charge in [0.15, 0.2) is 17.5 Å². The highest BCUT2D eigenvalue weighted by atomic mass is 127. The van der Waals surface area contributed by atoms with Crippen molar-refractivity contribution < 1.29 is 9.47 Å². The van der Waals surface area contributed by atoms with Crippen molar-refractivity contribution in [3.8, 4) is 11.5 Å². The molecule has 4 rings (SSSR count). The zero-order valence-electron chi connectivity index (χ0n) is 15.0. The summed E-state index contributed by atoms with van der Waals surface area (Å²) in [4.78, 5) is 4.42. The van der Waals surface area contributed by atoms with Crippen molar-refractivity contribution in [3.05, 3.63) is 52.0 Å². The first-order valence-electron chi connectivity index (χ1n) is 8.96. The number of nitrogens with two attached hydrogens (primary N) is 1. The fourth-order valence-electron chi connectivity index (χ4n) is 3.45. The van der Waals surface area contributed by atoms with E-state index in [1.54, 1.807) is 0 Å². The summed E-state index contributed by atoms with van der Waals surface area (Å²) < 4.78 is 11.1. The van der Waals surface area contributed by atoms with Gasteiger partial charge in [-0.2, -0.15) is 0 Å². The van der Waals surface area contributed by atoms with Crippen molar-refractivity contribution in [1.29, 1.82) is 0 Å². The van der Waals surface area contributed by atoms with Gasteiger partial charge in [0.1, 0.15) is 13.2 Å². The average molecular weight is 500 g/mol. The number of ether oxygens (including phenoxy) is 2. The van der Waals surface area contributed by atoms with Gasteiger partial charge in [0.2, 0.25) is 0 Å². The van der Waals surface area contributed by atoms with Gasteiger partial charge < -0.3 is 20.5 Å². The van der Waals surface area contributed by atoms with E-state index < -0.39 is 0 Å². The Morgan fingerprint density at radius 1 is 1.11 bits per heavy atom. The normalized spacial score (nSPS) is 15.1. The molecule has 0 saturated heterocycles. The summed E-state index contributed by atoms with van der Waals surface area (Å²) in [5.41, 5.74) is 10.9. The van der Waals surface area contributed by atoms with E-state index in [1.807, 2.05) is 12.1 Å². The van der Waals surface area contributed by atoms with Crippen LogP contribution in [0.1, 0.15) is 23.1 Å². The van der Waals surface area contributed by atoms with Gasteiger partial charge >= 0.3 is 0 Å². The number of guanidine groups is 1. The molecule has 1 heterocycles. The molecule has 0 bridgehead atoms. The molecule has 0 spiro atoms. The molecule has 2 aliphatic rings. The molecule has 2 aromatic carbocycles. The van der Waals surface area contributed by atoms with E-state index in [0.29, 0.717) is 42.2 Å². The molecule has 0 radical (unpaired) electrons. The molecule has 0 fully saturated rings. The van der Waals surface area contributed by atoms with Crippen LogP contribution in [0.5, 0.6) is 11.5 Å². The molecule has 0 atom stereocenters. The number of nitrogens with zero attached hydrogens (tertiary/aromatic N) is 1. The molecule has 2 aromatic rings. The van der Waals surface area contributed by atoms with Crippen LogP contribution < -0.4 is 20.5 Å². The van der Waals surface area contributed by atoms with E-state index in [2.05, 4.69) is 28.5 Å². The van der Waals surface area contributed by atoms with Gasteiger partial charge in [-0.05, 0) is 66.6 Å². The lowest BCUT2D eigenvalue weighted by Crippen LogP contribution is -2.23. The Morgan fingerprint density at radius 2 is 1.93 bits per heavy atom. The summed E-state index contributed by atoms with van der Waals surface area (Å²) >= 11 is 6.26. The Kier molecular flexibility index (Phi) is 6.70. The quantitative estimate of drug-likeness (QED) is 0.376.